The lowest BCUT2D eigenvalue weighted by molar-refractivity contribution is 0.0590. The highest BCUT2D eigenvalue weighted by atomic mass is 16.5. The molecule has 0 aromatic heterocycles. The number of ether oxygens (including phenoxy) is 1. The SMILES string of the molecule is COCC(O)CCNC(C)c1ccc(O)cc1O. The molecular weight excluding hydrogens is 234 g/mol. The van der Waals surface area contributed by atoms with Crippen molar-refractivity contribution in [1.29, 1.82) is 0 Å². The minimum Gasteiger partial charge on any atom is -0.508 e. The Morgan fingerprint density at radius 3 is 2.67 bits per heavy atom. The third-order valence-corrected chi connectivity index (χ3v) is 2.77. The van der Waals surface area contributed by atoms with Gasteiger partial charge in [0.05, 0.1) is 12.7 Å². The van der Waals surface area contributed by atoms with E-state index in [0.29, 0.717) is 25.1 Å². The molecule has 0 fully saturated rings. The number of aliphatic hydroxyl groups excluding tert-OH is 1. The highest BCUT2D eigenvalue weighted by molar-refractivity contribution is 5.40. The van der Waals surface area contributed by atoms with Gasteiger partial charge in [0.2, 0.25) is 0 Å². The van der Waals surface area contributed by atoms with Crippen LogP contribution in [-0.4, -0.2) is 41.7 Å². The fraction of sp³-hybridized carbons (Fsp3) is 0.538. The minimum atomic E-state index is -0.483. The molecule has 102 valence electrons. The number of hydrogen-bond donors (Lipinski definition) is 4. The molecule has 0 radical (unpaired) electrons. The van der Waals surface area contributed by atoms with Crippen LogP contribution in [0.2, 0.25) is 0 Å². The van der Waals surface area contributed by atoms with E-state index in [1.165, 1.54) is 12.1 Å². The number of aliphatic hydroxyl groups is 1. The zero-order valence-electron chi connectivity index (χ0n) is 10.8. The third kappa shape index (κ3) is 4.52. The number of nitrogens with one attached hydrogen (secondary N) is 1. The zero-order valence-corrected chi connectivity index (χ0v) is 10.8. The smallest absolute Gasteiger partial charge is 0.124 e. The van der Waals surface area contributed by atoms with Gasteiger partial charge in [-0.25, -0.2) is 0 Å². The molecule has 5 heteroatoms. The molecule has 0 aliphatic rings. The number of rotatable bonds is 7. The Morgan fingerprint density at radius 2 is 2.06 bits per heavy atom. The normalized spacial score (nSPS) is 14.4. The highest BCUT2D eigenvalue weighted by Crippen LogP contribution is 2.27. The van der Waals surface area contributed by atoms with Crippen LogP contribution in [0.25, 0.3) is 0 Å². The molecule has 0 saturated heterocycles. The molecule has 0 saturated carbocycles. The first-order valence-corrected chi connectivity index (χ1v) is 5.97. The zero-order chi connectivity index (χ0) is 13.5. The lowest BCUT2D eigenvalue weighted by Gasteiger charge is -2.17. The van der Waals surface area contributed by atoms with Gasteiger partial charge < -0.3 is 25.4 Å². The molecule has 0 bridgehead atoms. The maximum absolute atomic E-state index is 9.69. The Labute approximate surface area is 107 Å². The van der Waals surface area contributed by atoms with Crippen LogP contribution in [0, 0.1) is 0 Å². The summed E-state index contributed by atoms with van der Waals surface area (Å²) in [5.41, 5.74) is 0.717. The van der Waals surface area contributed by atoms with E-state index in [2.05, 4.69) is 5.32 Å². The molecule has 1 aromatic rings. The number of aromatic hydroxyl groups is 2. The van der Waals surface area contributed by atoms with Crippen LogP contribution in [0.4, 0.5) is 0 Å². The molecule has 0 aliphatic carbocycles. The van der Waals surface area contributed by atoms with Crippen molar-refractivity contribution in [2.24, 2.45) is 0 Å². The summed E-state index contributed by atoms with van der Waals surface area (Å²) in [6, 6.07) is 4.47. The second-order valence-electron chi connectivity index (χ2n) is 4.32. The molecular formula is C13H21NO4. The fourth-order valence-corrected chi connectivity index (χ4v) is 1.75. The van der Waals surface area contributed by atoms with Gasteiger partial charge in [-0.05, 0) is 26.0 Å². The largest absolute Gasteiger partial charge is 0.508 e. The Morgan fingerprint density at radius 1 is 1.33 bits per heavy atom. The summed E-state index contributed by atoms with van der Waals surface area (Å²) in [7, 11) is 1.55. The Bertz CT molecular complexity index is 370. The molecule has 0 amide bonds. The van der Waals surface area contributed by atoms with Gasteiger partial charge in [-0.15, -0.1) is 0 Å². The fourth-order valence-electron chi connectivity index (χ4n) is 1.75. The van der Waals surface area contributed by atoms with Crippen LogP contribution in [0.1, 0.15) is 24.9 Å². The Hall–Kier alpha value is -1.30. The highest BCUT2D eigenvalue weighted by Gasteiger charge is 2.11. The van der Waals surface area contributed by atoms with Crippen LogP contribution in [0.15, 0.2) is 18.2 Å². The van der Waals surface area contributed by atoms with Crippen LogP contribution in [-0.2, 0) is 4.74 Å². The molecule has 0 heterocycles. The van der Waals surface area contributed by atoms with E-state index in [9.17, 15) is 15.3 Å². The second kappa shape index (κ2) is 7.20. The van der Waals surface area contributed by atoms with Gasteiger partial charge in [0.15, 0.2) is 0 Å². The van der Waals surface area contributed by atoms with Crippen LogP contribution in [0.5, 0.6) is 11.5 Å². The van der Waals surface area contributed by atoms with Crippen molar-refractivity contribution in [1.82, 2.24) is 5.32 Å². The Balaban J connectivity index is 2.43. The van der Waals surface area contributed by atoms with E-state index in [-0.39, 0.29) is 17.5 Å². The van der Waals surface area contributed by atoms with Crippen molar-refractivity contribution in [3.8, 4) is 11.5 Å². The molecule has 4 N–H and O–H groups in total. The summed E-state index contributed by atoms with van der Waals surface area (Å²) in [5.74, 6) is 0.103. The summed E-state index contributed by atoms with van der Waals surface area (Å²) >= 11 is 0. The minimum absolute atomic E-state index is 0.0407. The maximum atomic E-state index is 9.69. The first-order valence-electron chi connectivity index (χ1n) is 5.97. The summed E-state index contributed by atoms with van der Waals surface area (Å²) in [4.78, 5) is 0. The van der Waals surface area contributed by atoms with Crippen molar-refractivity contribution in [3.05, 3.63) is 23.8 Å². The predicted molar refractivity (Wildman–Crippen MR) is 68.7 cm³/mol. The van der Waals surface area contributed by atoms with E-state index in [0.717, 1.165) is 0 Å². The van der Waals surface area contributed by atoms with Gasteiger partial charge in [-0.3, -0.25) is 0 Å². The predicted octanol–water partition coefficient (Wildman–Crippen LogP) is 1.15. The molecule has 5 nitrogen and oxygen atoms in total. The van der Waals surface area contributed by atoms with Gasteiger partial charge >= 0.3 is 0 Å². The van der Waals surface area contributed by atoms with E-state index in [1.54, 1.807) is 13.2 Å². The molecule has 18 heavy (non-hydrogen) atoms. The number of benzene rings is 1. The summed E-state index contributed by atoms with van der Waals surface area (Å²) in [6.45, 7) is 2.85. The van der Waals surface area contributed by atoms with Crippen LogP contribution in [0.3, 0.4) is 0 Å². The molecule has 0 spiro atoms. The van der Waals surface area contributed by atoms with E-state index < -0.39 is 6.10 Å². The van der Waals surface area contributed by atoms with Gasteiger partial charge in [-0.2, -0.15) is 0 Å². The van der Waals surface area contributed by atoms with E-state index in [4.69, 9.17) is 4.74 Å². The monoisotopic (exact) mass is 255 g/mol. The van der Waals surface area contributed by atoms with Crippen molar-refractivity contribution in [3.63, 3.8) is 0 Å². The van der Waals surface area contributed by atoms with Gasteiger partial charge in [0, 0.05) is 24.8 Å². The summed E-state index contributed by atoms with van der Waals surface area (Å²) in [6.07, 6.45) is 0.0972. The molecule has 2 unspecified atom stereocenters. The van der Waals surface area contributed by atoms with Crippen molar-refractivity contribution < 1.29 is 20.1 Å². The summed E-state index contributed by atoms with van der Waals surface area (Å²) in [5, 5.41) is 31.6. The van der Waals surface area contributed by atoms with Crippen molar-refractivity contribution in [2.75, 3.05) is 20.3 Å². The van der Waals surface area contributed by atoms with Crippen LogP contribution < -0.4 is 5.32 Å². The summed E-state index contributed by atoms with van der Waals surface area (Å²) < 4.78 is 4.83. The molecule has 1 rings (SSSR count). The van der Waals surface area contributed by atoms with Gasteiger partial charge in [0.1, 0.15) is 11.5 Å². The van der Waals surface area contributed by atoms with E-state index in [1.807, 2.05) is 6.92 Å². The molecule has 0 aliphatic heterocycles. The van der Waals surface area contributed by atoms with Gasteiger partial charge in [-0.1, -0.05) is 6.07 Å². The average molecular weight is 255 g/mol. The topological polar surface area (TPSA) is 82.0 Å². The number of phenols is 2. The third-order valence-electron chi connectivity index (χ3n) is 2.77. The molecule has 2 atom stereocenters. The average Bonchev–Trinajstić information content (AvgIpc) is 2.29. The first kappa shape index (κ1) is 14.8. The standard InChI is InChI=1S/C13H21NO4/c1-9(14-6-5-11(16)8-18-2)12-4-3-10(15)7-13(12)17/h3-4,7,9,11,14-17H,5-6,8H2,1-2H3. The lowest BCUT2D eigenvalue weighted by atomic mass is 10.1. The maximum Gasteiger partial charge on any atom is 0.124 e. The number of hydrogen-bond acceptors (Lipinski definition) is 5. The quantitative estimate of drug-likeness (QED) is 0.587. The molecule has 1 aromatic carbocycles. The number of phenolic OH excluding ortho intramolecular Hbond substituents is 2. The second-order valence-corrected chi connectivity index (χ2v) is 4.32. The first-order chi connectivity index (χ1) is 8.54. The van der Waals surface area contributed by atoms with Crippen LogP contribution >= 0.6 is 0 Å². The number of methoxy groups -OCH3 is 1. The Kier molecular flexibility index (Phi) is 5.91. The van der Waals surface area contributed by atoms with Gasteiger partial charge in [0.25, 0.3) is 0 Å². The lowest BCUT2D eigenvalue weighted by Crippen LogP contribution is -2.25. The van der Waals surface area contributed by atoms with Crippen molar-refractivity contribution >= 4 is 0 Å². The van der Waals surface area contributed by atoms with E-state index >= 15 is 0 Å². The van der Waals surface area contributed by atoms with Crippen molar-refractivity contribution in [2.45, 2.75) is 25.5 Å².